The number of amides is 2. The number of aromatic nitrogens is 1. The number of nitriles is 1. The second-order valence-electron chi connectivity index (χ2n) is 5.59. The molecule has 0 radical (unpaired) electrons. The van der Waals surface area contributed by atoms with Gasteiger partial charge >= 0.3 is 11.8 Å². The topological polar surface area (TPSA) is 94.9 Å². The monoisotopic (exact) mass is 322 g/mol. The quantitative estimate of drug-likeness (QED) is 0.845. The molecule has 2 amide bonds. The Morgan fingerprint density at radius 1 is 1.08 bits per heavy atom. The Hall–Kier alpha value is -3.20. The van der Waals surface area contributed by atoms with Crippen molar-refractivity contribution in [1.29, 1.82) is 5.26 Å². The van der Waals surface area contributed by atoms with E-state index in [4.69, 9.17) is 5.26 Å². The molecule has 0 fully saturated rings. The lowest BCUT2D eigenvalue weighted by Crippen LogP contribution is -2.39. The minimum atomic E-state index is -0.763. The van der Waals surface area contributed by atoms with E-state index in [9.17, 15) is 9.59 Å². The molecule has 0 saturated carbocycles. The van der Waals surface area contributed by atoms with Crippen molar-refractivity contribution < 1.29 is 9.59 Å². The summed E-state index contributed by atoms with van der Waals surface area (Å²) in [5, 5.41) is 14.0. The van der Waals surface area contributed by atoms with Crippen molar-refractivity contribution in [1.82, 2.24) is 10.3 Å². The van der Waals surface area contributed by atoms with Gasteiger partial charge in [0.15, 0.2) is 0 Å². The summed E-state index contributed by atoms with van der Waals surface area (Å²) in [4.78, 5) is 28.4. The third-order valence-electron chi connectivity index (χ3n) is 3.44. The van der Waals surface area contributed by atoms with Crippen LogP contribution in [-0.4, -0.2) is 16.8 Å². The van der Waals surface area contributed by atoms with Crippen LogP contribution in [0.3, 0.4) is 0 Å². The lowest BCUT2D eigenvalue weighted by molar-refractivity contribution is -0.136. The molecule has 1 atom stereocenters. The number of anilines is 1. The van der Waals surface area contributed by atoms with E-state index in [1.165, 1.54) is 0 Å². The molecule has 0 spiro atoms. The molecule has 0 bridgehead atoms. The number of nitrogens with zero attached hydrogens (tertiary/aromatic N) is 2. The molecule has 0 saturated heterocycles. The lowest BCUT2D eigenvalue weighted by Gasteiger charge is -2.21. The van der Waals surface area contributed by atoms with Gasteiger partial charge < -0.3 is 10.6 Å². The van der Waals surface area contributed by atoms with E-state index in [1.54, 1.807) is 36.5 Å². The van der Waals surface area contributed by atoms with Gasteiger partial charge in [0.2, 0.25) is 0 Å². The van der Waals surface area contributed by atoms with Crippen LogP contribution in [0.15, 0.2) is 48.7 Å². The van der Waals surface area contributed by atoms with Gasteiger partial charge in [0.1, 0.15) is 0 Å². The highest BCUT2D eigenvalue weighted by atomic mass is 16.2. The van der Waals surface area contributed by atoms with Crippen LogP contribution in [0.4, 0.5) is 5.69 Å². The molecule has 1 heterocycles. The van der Waals surface area contributed by atoms with Crippen LogP contribution in [0.2, 0.25) is 0 Å². The van der Waals surface area contributed by atoms with Crippen LogP contribution in [-0.2, 0) is 9.59 Å². The number of hydrogen-bond donors (Lipinski definition) is 2. The zero-order valence-electron chi connectivity index (χ0n) is 13.5. The van der Waals surface area contributed by atoms with Gasteiger partial charge in [-0.05, 0) is 42.3 Å². The van der Waals surface area contributed by atoms with E-state index in [0.29, 0.717) is 16.9 Å². The molecule has 2 rings (SSSR count). The van der Waals surface area contributed by atoms with Crippen LogP contribution in [0, 0.1) is 17.2 Å². The third kappa shape index (κ3) is 4.40. The van der Waals surface area contributed by atoms with Crippen molar-refractivity contribution in [3.05, 3.63) is 59.9 Å². The Morgan fingerprint density at radius 2 is 1.79 bits per heavy atom. The van der Waals surface area contributed by atoms with Crippen molar-refractivity contribution in [2.45, 2.75) is 19.9 Å². The van der Waals surface area contributed by atoms with Gasteiger partial charge in [0.05, 0.1) is 23.4 Å². The average molecular weight is 322 g/mol. The number of pyridine rings is 1. The molecule has 122 valence electrons. The first kappa shape index (κ1) is 17.2. The number of hydrogen-bond acceptors (Lipinski definition) is 4. The molecule has 0 aliphatic heterocycles. The molecule has 6 nitrogen and oxygen atoms in total. The first-order chi connectivity index (χ1) is 11.5. The third-order valence-corrected chi connectivity index (χ3v) is 3.44. The number of rotatable bonds is 4. The van der Waals surface area contributed by atoms with Gasteiger partial charge in [0, 0.05) is 11.9 Å². The molecule has 2 aromatic rings. The second-order valence-corrected chi connectivity index (χ2v) is 5.59. The Labute approximate surface area is 140 Å². The van der Waals surface area contributed by atoms with E-state index < -0.39 is 11.8 Å². The van der Waals surface area contributed by atoms with E-state index in [-0.39, 0.29) is 12.0 Å². The Bertz CT molecular complexity index is 749. The van der Waals surface area contributed by atoms with Gasteiger partial charge in [-0.25, -0.2) is 0 Å². The van der Waals surface area contributed by atoms with Crippen LogP contribution >= 0.6 is 0 Å². The fourth-order valence-electron chi connectivity index (χ4n) is 2.16. The molecule has 2 N–H and O–H groups in total. The van der Waals surface area contributed by atoms with Crippen molar-refractivity contribution in [2.24, 2.45) is 5.92 Å². The SMILES string of the molecule is CC(C)[C@H](NC(=O)C(=O)Nc1ccc(C#N)cc1)c1ccccn1. The summed E-state index contributed by atoms with van der Waals surface area (Å²) in [6.45, 7) is 3.89. The number of nitrogens with one attached hydrogen (secondary N) is 2. The summed E-state index contributed by atoms with van der Waals surface area (Å²) in [7, 11) is 0. The maximum absolute atomic E-state index is 12.2. The van der Waals surface area contributed by atoms with Crippen molar-refractivity contribution >= 4 is 17.5 Å². The number of carbonyl (C=O) groups excluding carboxylic acids is 2. The highest BCUT2D eigenvalue weighted by Crippen LogP contribution is 2.19. The Kier molecular flexibility index (Phi) is 5.63. The molecule has 0 aliphatic rings. The van der Waals surface area contributed by atoms with E-state index >= 15 is 0 Å². The Morgan fingerprint density at radius 3 is 2.33 bits per heavy atom. The first-order valence-corrected chi connectivity index (χ1v) is 7.54. The molecule has 1 aromatic carbocycles. The largest absolute Gasteiger partial charge is 0.339 e. The fraction of sp³-hybridized carbons (Fsp3) is 0.222. The summed E-state index contributed by atoms with van der Waals surface area (Å²) in [6, 6.07) is 13.3. The maximum atomic E-state index is 12.2. The van der Waals surface area contributed by atoms with Crippen LogP contribution in [0.5, 0.6) is 0 Å². The zero-order chi connectivity index (χ0) is 17.5. The van der Waals surface area contributed by atoms with Crippen LogP contribution in [0.1, 0.15) is 31.1 Å². The summed E-state index contributed by atoms with van der Waals surface area (Å²) in [5.41, 5.74) is 1.63. The summed E-state index contributed by atoms with van der Waals surface area (Å²) < 4.78 is 0. The minimum Gasteiger partial charge on any atom is -0.339 e. The smallest absolute Gasteiger partial charge is 0.313 e. The molecule has 6 heteroatoms. The van der Waals surface area contributed by atoms with Crippen LogP contribution in [0.25, 0.3) is 0 Å². The first-order valence-electron chi connectivity index (χ1n) is 7.54. The van der Waals surface area contributed by atoms with E-state index in [2.05, 4.69) is 15.6 Å². The summed E-state index contributed by atoms with van der Waals surface area (Å²) in [6.07, 6.45) is 1.65. The van der Waals surface area contributed by atoms with E-state index in [0.717, 1.165) is 0 Å². The normalized spacial score (nSPS) is 11.4. The van der Waals surface area contributed by atoms with E-state index in [1.807, 2.05) is 32.0 Å². The second kappa shape index (κ2) is 7.88. The minimum absolute atomic E-state index is 0.0755. The standard InChI is InChI=1S/C18H18N4O2/c1-12(2)16(15-5-3-4-10-20-15)22-18(24)17(23)21-14-8-6-13(11-19)7-9-14/h3-10,12,16H,1-2H3,(H,21,23)(H,22,24)/t16-/m0/s1. The predicted molar refractivity (Wildman–Crippen MR) is 89.7 cm³/mol. The van der Waals surface area contributed by atoms with Crippen molar-refractivity contribution in [3.63, 3.8) is 0 Å². The molecular weight excluding hydrogens is 304 g/mol. The average Bonchev–Trinajstić information content (AvgIpc) is 2.60. The van der Waals surface area contributed by atoms with Crippen LogP contribution < -0.4 is 10.6 Å². The highest BCUT2D eigenvalue weighted by Gasteiger charge is 2.23. The zero-order valence-corrected chi connectivity index (χ0v) is 13.5. The molecule has 24 heavy (non-hydrogen) atoms. The van der Waals surface area contributed by atoms with Gasteiger partial charge in [-0.1, -0.05) is 19.9 Å². The van der Waals surface area contributed by atoms with Crippen molar-refractivity contribution in [3.8, 4) is 6.07 Å². The predicted octanol–water partition coefficient (Wildman–Crippen LogP) is 2.41. The van der Waals surface area contributed by atoms with Gasteiger partial charge in [-0.2, -0.15) is 5.26 Å². The molecule has 0 unspecified atom stereocenters. The maximum Gasteiger partial charge on any atom is 0.313 e. The fourth-order valence-corrected chi connectivity index (χ4v) is 2.16. The Balaban J connectivity index is 2.04. The molecular formula is C18H18N4O2. The summed E-state index contributed by atoms with van der Waals surface area (Å²) in [5.74, 6) is -1.42. The van der Waals surface area contributed by atoms with Gasteiger partial charge in [0.25, 0.3) is 0 Å². The molecule has 1 aromatic heterocycles. The molecule has 0 aliphatic carbocycles. The number of benzene rings is 1. The lowest BCUT2D eigenvalue weighted by atomic mass is 10.0. The van der Waals surface area contributed by atoms with Gasteiger partial charge in [-0.3, -0.25) is 14.6 Å². The van der Waals surface area contributed by atoms with Gasteiger partial charge in [-0.15, -0.1) is 0 Å². The summed E-state index contributed by atoms with van der Waals surface area (Å²) >= 11 is 0. The number of carbonyl (C=O) groups is 2. The highest BCUT2D eigenvalue weighted by molar-refractivity contribution is 6.39. The van der Waals surface area contributed by atoms with Crippen molar-refractivity contribution in [2.75, 3.05) is 5.32 Å².